The summed E-state index contributed by atoms with van der Waals surface area (Å²) in [6.45, 7) is 0. The van der Waals surface area contributed by atoms with E-state index in [1.54, 1.807) is 0 Å². The van der Waals surface area contributed by atoms with Crippen molar-refractivity contribution in [2.24, 2.45) is 0 Å². The second-order valence-electron chi connectivity index (χ2n) is 5.25. The van der Waals surface area contributed by atoms with Gasteiger partial charge in [-0.3, -0.25) is 4.79 Å². The van der Waals surface area contributed by atoms with E-state index < -0.39 is 0 Å². The van der Waals surface area contributed by atoms with Gasteiger partial charge in [-0.2, -0.15) is 0 Å². The van der Waals surface area contributed by atoms with Gasteiger partial charge in [-0.05, 0) is 45.8 Å². The summed E-state index contributed by atoms with van der Waals surface area (Å²) in [5.74, 6) is 0. The summed E-state index contributed by atoms with van der Waals surface area (Å²) < 4.78 is 1.83. The molecule has 0 aliphatic carbocycles. The molecule has 1 nitrogen and oxygen atoms in total. The van der Waals surface area contributed by atoms with Crippen LogP contribution in [0.2, 0.25) is 0 Å². The molecule has 0 unspecified atom stereocenters. The van der Waals surface area contributed by atoms with Crippen LogP contribution in [0.3, 0.4) is 0 Å². The summed E-state index contributed by atoms with van der Waals surface area (Å²) in [7, 11) is 0. The average molecular weight is 414 g/mol. The lowest BCUT2D eigenvalue weighted by molar-refractivity contribution is 1.69. The smallest absolute Gasteiger partial charge is 0.194 e. The molecule has 0 saturated heterocycles. The molecule has 0 N–H and O–H groups in total. The van der Waals surface area contributed by atoms with Gasteiger partial charge in [0.25, 0.3) is 0 Å². The van der Waals surface area contributed by atoms with Gasteiger partial charge in [0.1, 0.15) is 0 Å². The van der Waals surface area contributed by atoms with Crippen LogP contribution in [0.5, 0.6) is 0 Å². The molecule has 4 aromatic rings. The molecule has 0 aromatic heterocycles. The van der Waals surface area contributed by atoms with Gasteiger partial charge in [-0.15, -0.1) is 0 Å². The number of hydrogen-bond acceptors (Lipinski definition) is 1. The Hall–Kier alpha value is -1.71. The molecule has 0 amide bonds. The largest absolute Gasteiger partial charge is 0.289 e. The fraction of sp³-hybridized carbons (Fsp3) is 0. The van der Waals surface area contributed by atoms with Gasteiger partial charge in [0, 0.05) is 19.7 Å². The number of rotatable bonds is 0. The van der Waals surface area contributed by atoms with E-state index in [0.29, 0.717) is 0 Å². The predicted molar refractivity (Wildman–Crippen MR) is 101 cm³/mol. The number of hydrogen-bond donors (Lipinski definition) is 0. The maximum absolute atomic E-state index is 13.1. The van der Waals surface area contributed by atoms with Crippen LogP contribution < -0.4 is 5.43 Å². The first-order chi connectivity index (χ1) is 10.6. The van der Waals surface area contributed by atoms with Crippen molar-refractivity contribution >= 4 is 64.2 Å². The van der Waals surface area contributed by atoms with Crippen LogP contribution >= 0.6 is 31.9 Å². The van der Waals surface area contributed by atoms with E-state index in [1.165, 1.54) is 0 Å². The Kier molecular flexibility index (Phi) is 3.28. The van der Waals surface area contributed by atoms with Crippen LogP contribution in [0.1, 0.15) is 0 Å². The Morgan fingerprint density at radius 2 is 0.955 bits per heavy atom. The fourth-order valence-corrected chi connectivity index (χ4v) is 3.70. The SMILES string of the molecule is O=c1c2cc(Br)ccc2c2ccccc2c2ccc(Br)cc12. The minimum Gasteiger partial charge on any atom is -0.289 e. The highest BCUT2D eigenvalue weighted by Crippen LogP contribution is 2.30. The molecule has 4 rings (SSSR count). The Labute approximate surface area is 143 Å². The molecule has 22 heavy (non-hydrogen) atoms. The Morgan fingerprint density at radius 3 is 1.41 bits per heavy atom. The second-order valence-corrected chi connectivity index (χ2v) is 7.09. The molecule has 0 aliphatic heterocycles. The summed E-state index contributed by atoms with van der Waals surface area (Å²) in [4.78, 5) is 13.1. The quantitative estimate of drug-likeness (QED) is 0.344. The zero-order valence-corrected chi connectivity index (χ0v) is 14.6. The predicted octanol–water partition coefficient (Wildman–Crippen LogP) is 6.03. The highest BCUT2D eigenvalue weighted by atomic mass is 79.9. The van der Waals surface area contributed by atoms with Crippen molar-refractivity contribution in [2.45, 2.75) is 0 Å². The molecular formula is C19H10Br2O. The molecule has 0 aliphatic rings. The molecule has 0 fully saturated rings. The first kappa shape index (κ1) is 13.9. The topological polar surface area (TPSA) is 17.1 Å². The number of benzene rings is 3. The molecular weight excluding hydrogens is 404 g/mol. The molecule has 3 heteroatoms. The highest BCUT2D eigenvalue weighted by Gasteiger charge is 2.09. The Balaban J connectivity index is 2.49. The van der Waals surface area contributed by atoms with E-state index in [1.807, 2.05) is 48.5 Å². The lowest BCUT2D eigenvalue weighted by atomic mass is 10.1. The lowest BCUT2D eigenvalue weighted by Gasteiger charge is -1.99. The van der Waals surface area contributed by atoms with Crippen molar-refractivity contribution in [3.05, 3.63) is 79.8 Å². The van der Waals surface area contributed by atoms with Gasteiger partial charge in [0.2, 0.25) is 0 Å². The molecule has 0 bridgehead atoms. The molecule has 0 atom stereocenters. The van der Waals surface area contributed by atoms with E-state index in [2.05, 4.69) is 44.0 Å². The van der Waals surface area contributed by atoms with Gasteiger partial charge < -0.3 is 0 Å². The van der Waals surface area contributed by atoms with Crippen LogP contribution in [0.4, 0.5) is 0 Å². The van der Waals surface area contributed by atoms with Crippen molar-refractivity contribution in [1.29, 1.82) is 0 Å². The first-order valence-corrected chi connectivity index (χ1v) is 8.47. The molecule has 0 saturated carbocycles. The van der Waals surface area contributed by atoms with E-state index in [9.17, 15) is 4.79 Å². The maximum Gasteiger partial charge on any atom is 0.194 e. The van der Waals surface area contributed by atoms with E-state index in [-0.39, 0.29) is 5.43 Å². The lowest BCUT2D eigenvalue weighted by Crippen LogP contribution is -1.98. The summed E-state index contributed by atoms with van der Waals surface area (Å²) >= 11 is 6.95. The zero-order chi connectivity index (χ0) is 15.3. The van der Waals surface area contributed by atoms with Crippen molar-refractivity contribution in [3.8, 4) is 0 Å². The Morgan fingerprint density at radius 1 is 0.545 bits per heavy atom. The molecule has 106 valence electrons. The van der Waals surface area contributed by atoms with Crippen LogP contribution in [-0.4, -0.2) is 0 Å². The van der Waals surface area contributed by atoms with Crippen molar-refractivity contribution in [2.75, 3.05) is 0 Å². The van der Waals surface area contributed by atoms with Crippen LogP contribution in [0.25, 0.3) is 32.3 Å². The van der Waals surface area contributed by atoms with E-state index in [4.69, 9.17) is 0 Å². The Bertz CT molecular complexity index is 1030. The van der Waals surface area contributed by atoms with Gasteiger partial charge in [-0.25, -0.2) is 0 Å². The van der Waals surface area contributed by atoms with Crippen LogP contribution in [0.15, 0.2) is 74.4 Å². The van der Waals surface area contributed by atoms with Crippen molar-refractivity contribution in [3.63, 3.8) is 0 Å². The molecule has 4 aromatic carbocycles. The van der Waals surface area contributed by atoms with Gasteiger partial charge in [0.05, 0.1) is 0 Å². The monoisotopic (exact) mass is 412 g/mol. The number of halogens is 2. The van der Waals surface area contributed by atoms with Crippen LogP contribution in [-0.2, 0) is 0 Å². The molecule has 0 spiro atoms. The van der Waals surface area contributed by atoms with Gasteiger partial charge in [-0.1, -0.05) is 68.3 Å². The third kappa shape index (κ3) is 2.08. The first-order valence-electron chi connectivity index (χ1n) is 6.89. The van der Waals surface area contributed by atoms with Gasteiger partial charge >= 0.3 is 0 Å². The number of fused-ring (bicyclic) bond motifs is 5. The van der Waals surface area contributed by atoms with E-state index in [0.717, 1.165) is 41.3 Å². The fourth-order valence-electron chi connectivity index (χ4n) is 2.98. The standard InChI is InChI=1S/C19H10Br2O/c20-11-5-7-15-13-3-1-2-4-14(13)16-8-6-12(21)10-18(16)19(22)17(15)9-11/h1-10H. The highest BCUT2D eigenvalue weighted by molar-refractivity contribution is 9.10. The van der Waals surface area contributed by atoms with Gasteiger partial charge in [0.15, 0.2) is 5.43 Å². The average Bonchev–Trinajstić information content (AvgIpc) is 2.63. The minimum atomic E-state index is 0.0591. The summed E-state index contributed by atoms with van der Waals surface area (Å²) in [6, 6.07) is 20.0. The molecule has 0 radical (unpaired) electrons. The third-order valence-corrected chi connectivity index (χ3v) is 4.95. The summed E-state index contributed by atoms with van der Waals surface area (Å²) in [5.41, 5.74) is 0.0591. The summed E-state index contributed by atoms with van der Waals surface area (Å²) in [6.07, 6.45) is 0. The normalized spacial score (nSPS) is 11.4. The maximum atomic E-state index is 13.1. The van der Waals surface area contributed by atoms with Crippen LogP contribution in [0, 0.1) is 0 Å². The second kappa shape index (κ2) is 5.18. The van der Waals surface area contributed by atoms with Crippen molar-refractivity contribution in [1.82, 2.24) is 0 Å². The molecule has 0 heterocycles. The minimum absolute atomic E-state index is 0.0591. The third-order valence-electron chi connectivity index (χ3n) is 3.96. The summed E-state index contributed by atoms with van der Waals surface area (Å²) in [5, 5.41) is 5.63. The van der Waals surface area contributed by atoms with E-state index >= 15 is 0 Å². The zero-order valence-electron chi connectivity index (χ0n) is 11.4. The van der Waals surface area contributed by atoms with Crippen molar-refractivity contribution < 1.29 is 0 Å².